The maximum Gasteiger partial charge on any atom is 0.319 e. The lowest BCUT2D eigenvalue weighted by atomic mass is 10.2. The smallest absolute Gasteiger partial charge is 0.319 e. The van der Waals surface area contributed by atoms with Crippen molar-refractivity contribution in [2.75, 3.05) is 5.32 Å². The topological polar surface area (TPSA) is 95.8 Å². The summed E-state index contributed by atoms with van der Waals surface area (Å²) in [5, 5.41) is 12.2. The second kappa shape index (κ2) is 6.13. The van der Waals surface area contributed by atoms with Gasteiger partial charge in [-0.05, 0) is 31.2 Å². The maximum absolute atomic E-state index is 11.8. The summed E-state index contributed by atoms with van der Waals surface area (Å²) in [4.78, 5) is 16.0. The lowest BCUT2D eigenvalue weighted by molar-refractivity contribution is 0.251. The van der Waals surface area contributed by atoms with Crippen molar-refractivity contribution in [3.8, 4) is 11.6 Å². The highest BCUT2D eigenvalue weighted by molar-refractivity contribution is 5.89. The Hall–Kier alpha value is -3.09. The fraction of sp³-hybridized carbons (Fsp3) is 0.133. The molecule has 22 heavy (non-hydrogen) atoms. The number of nitrogens with one attached hydrogen (secondary N) is 3. The van der Waals surface area contributed by atoms with Gasteiger partial charge in [0.05, 0.1) is 12.8 Å². The molecular weight excluding hydrogens is 282 g/mol. The fourth-order valence-corrected chi connectivity index (χ4v) is 1.87. The number of carbonyl (C=O) groups is 1. The second-order valence-corrected chi connectivity index (χ2v) is 4.76. The SMILES string of the molecule is Cc1ccc(NC(=O)NCc2nc(-c3ccco3)n[nH]2)cc1. The largest absolute Gasteiger partial charge is 0.461 e. The maximum atomic E-state index is 11.8. The van der Waals surface area contributed by atoms with E-state index in [0.717, 1.165) is 11.3 Å². The Morgan fingerprint density at radius 2 is 2.09 bits per heavy atom. The predicted molar refractivity (Wildman–Crippen MR) is 81.1 cm³/mol. The van der Waals surface area contributed by atoms with E-state index < -0.39 is 0 Å². The van der Waals surface area contributed by atoms with E-state index in [9.17, 15) is 4.79 Å². The summed E-state index contributed by atoms with van der Waals surface area (Å²) < 4.78 is 5.20. The minimum absolute atomic E-state index is 0.241. The summed E-state index contributed by atoms with van der Waals surface area (Å²) >= 11 is 0. The standard InChI is InChI=1S/C15H15N5O2/c1-10-4-6-11(7-5-10)17-15(21)16-9-13-18-14(20-19-13)12-3-2-8-22-12/h2-8H,9H2,1H3,(H2,16,17,21)(H,18,19,20). The number of rotatable bonds is 4. The first-order valence-corrected chi connectivity index (χ1v) is 6.77. The van der Waals surface area contributed by atoms with E-state index >= 15 is 0 Å². The molecule has 0 saturated carbocycles. The molecular formula is C15H15N5O2. The van der Waals surface area contributed by atoms with Crippen molar-refractivity contribution < 1.29 is 9.21 Å². The summed E-state index contributed by atoms with van der Waals surface area (Å²) in [5.74, 6) is 1.58. The number of aromatic nitrogens is 3. The minimum Gasteiger partial charge on any atom is -0.461 e. The van der Waals surface area contributed by atoms with E-state index in [1.807, 2.05) is 31.2 Å². The summed E-state index contributed by atoms with van der Waals surface area (Å²) in [7, 11) is 0. The van der Waals surface area contributed by atoms with Crippen LogP contribution in [-0.2, 0) is 6.54 Å². The summed E-state index contributed by atoms with van der Waals surface area (Å²) in [6.07, 6.45) is 1.55. The molecule has 1 aromatic carbocycles. The van der Waals surface area contributed by atoms with Gasteiger partial charge in [0.2, 0.25) is 5.82 Å². The number of benzene rings is 1. The number of amides is 2. The van der Waals surface area contributed by atoms with Crippen molar-refractivity contribution in [3.63, 3.8) is 0 Å². The van der Waals surface area contributed by atoms with E-state index in [0.29, 0.717) is 17.4 Å². The Bertz CT molecular complexity index is 747. The zero-order chi connectivity index (χ0) is 15.4. The Morgan fingerprint density at radius 3 is 2.82 bits per heavy atom. The molecule has 7 heteroatoms. The minimum atomic E-state index is -0.306. The average molecular weight is 297 g/mol. The van der Waals surface area contributed by atoms with Crippen LogP contribution in [0.4, 0.5) is 10.5 Å². The molecule has 2 aromatic heterocycles. The summed E-state index contributed by atoms with van der Waals surface area (Å²) in [6, 6.07) is 10.8. The van der Waals surface area contributed by atoms with Crippen LogP contribution in [-0.4, -0.2) is 21.2 Å². The molecule has 3 rings (SSSR count). The fourth-order valence-electron chi connectivity index (χ4n) is 1.87. The van der Waals surface area contributed by atoms with Crippen molar-refractivity contribution in [1.82, 2.24) is 20.5 Å². The van der Waals surface area contributed by atoms with Gasteiger partial charge in [-0.3, -0.25) is 5.10 Å². The number of furan rings is 1. The molecule has 0 radical (unpaired) electrons. The van der Waals surface area contributed by atoms with Crippen molar-refractivity contribution in [1.29, 1.82) is 0 Å². The average Bonchev–Trinajstić information content (AvgIpc) is 3.18. The van der Waals surface area contributed by atoms with Gasteiger partial charge in [-0.25, -0.2) is 9.78 Å². The number of aryl methyl sites for hydroxylation is 1. The van der Waals surface area contributed by atoms with Gasteiger partial charge in [0.1, 0.15) is 5.82 Å². The highest BCUT2D eigenvalue weighted by atomic mass is 16.3. The summed E-state index contributed by atoms with van der Waals surface area (Å²) in [5.41, 5.74) is 1.87. The Kier molecular flexibility index (Phi) is 3.86. The van der Waals surface area contributed by atoms with Gasteiger partial charge < -0.3 is 15.1 Å². The first kappa shape index (κ1) is 13.9. The molecule has 2 amide bonds. The van der Waals surface area contributed by atoms with Crippen LogP contribution in [0.2, 0.25) is 0 Å². The van der Waals surface area contributed by atoms with Crippen LogP contribution < -0.4 is 10.6 Å². The van der Waals surface area contributed by atoms with Crippen molar-refractivity contribution in [2.45, 2.75) is 13.5 Å². The van der Waals surface area contributed by atoms with Gasteiger partial charge in [-0.2, -0.15) is 0 Å². The molecule has 0 bridgehead atoms. The van der Waals surface area contributed by atoms with Gasteiger partial charge >= 0.3 is 6.03 Å². The Morgan fingerprint density at radius 1 is 1.27 bits per heavy atom. The van der Waals surface area contributed by atoms with Gasteiger partial charge in [0.25, 0.3) is 0 Å². The Labute approximate surface area is 126 Å². The van der Waals surface area contributed by atoms with Gasteiger partial charge in [-0.1, -0.05) is 17.7 Å². The van der Waals surface area contributed by atoms with Crippen molar-refractivity contribution in [3.05, 3.63) is 54.0 Å². The molecule has 3 aromatic rings. The first-order chi connectivity index (χ1) is 10.7. The zero-order valence-electron chi connectivity index (χ0n) is 12.0. The number of H-pyrrole nitrogens is 1. The normalized spacial score (nSPS) is 10.4. The number of anilines is 1. The number of hydrogen-bond acceptors (Lipinski definition) is 4. The van der Waals surface area contributed by atoms with Crippen molar-refractivity contribution >= 4 is 11.7 Å². The van der Waals surface area contributed by atoms with Crippen molar-refractivity contribution in [2.24, 2.45) is 0 Å². The van der Waals surface area contributed by atoms with Crippen LogP contribution in [0.25, 0.3) is 11.6 Å². The molecule has 0 fully saturated rings. The molecule has 0 unspecified atom stereocenters. The first-order valence-electron chi connectivity index (χ1n) is 6.77. The molecule has 0 aliphatic rings. The van der Waals surface area contributed by atoms with Crippen LogP contribution in [0, 0.1) is 6.92 Å². The van der Waals surface area contributed by atoms with Crippen LogP contribution in [0.5, 0.6) is 0 Å². The number of carbonyl (C=O) groups excluding carboxylic acids is 1. The second-order valence-electron chi connectivity index (χ2n) is 4.76. The van der Waals surface area contributed by atoms with Crippen LogP contribution >= 0.6 is 0 Å². The molecule has 2 heterocycles. The third kappa shape index (κ3) is 3.32. The quantitative estimate of drug-likeness (QED) is 0.690. The molecule has 0 aliphatic heterocycles. The molecule has 0 atom stereocenters. The van der Waals surface area contributed by atoms with Crippen LogP contribution in [0.15, 0.2) is 47.1 Å². The lowest BCUT2D eigenvalue weighted by Crippen LogP contribution is -2.28. The lowest BCUT2D eigenvalue weighted by Gasteiger charge is -2.06. The Balaban J connectivity index is 1.54. The van der Waals surface area contributed by atoms with E-state index in [-0.39, 0.29) is 12.6 Å². The molecule has 3 N–H and O–H groups in total. The van der Waals surface area contributed by atoms with Crippen LogP contribution in [0.1, 0.15) is 11.4 Å². The number of hydrogen-bond donors (Lipinski definition) is 3. The van der Waals surface area contributed by atoms with E-state index in [2.05, 4.69) is 25.8 Å². The number of urea groups is 1. The monoisotopic (exact) mass is 297 g/mol. The highest BCUT2D eigenvalue weighted by Gasteiger charge is 2.09. The molecule has 0 saturated heterocycles. The van der Waals surface area contributed by atoms with Gasteiger partial charge in [0, 0.05) is 5.69 Å². The molecule has 7 nitrogen and oxygen atoms in total. The third-order valence-corrected chi connectivity index (χ3v) is 3.00. The van der Waals surface area contributed by atoms with Crippen LogP contribution in [0.3, 0.4) is 0 Å². The number of nitrogens with zero attached hydrogens (tertiary/aromatic N) is 2. The number of aromatic amines is 1. The van der Waals surface area contributed by atoms with E-state index in [1.54, 1.807) is 18.4 Å². The highest BCUT2D eigenvalue weighted by Crippen LogP contribution is 2.14. The molecule has 0 aliphatic carbocycles. The van der Waals surface area contributed by atoms with Gasteiger partial charge in [0.15, 0.2) is 5.76 Å². The van der Waals surface area contributed by atoms with E-state index in [4.69, 9.17) is 4.42 Å². The molecule has 0 spiro atoms. The summed E-state index contributed by atoms with van der Waals surface area (Å²) in [6.45, 7) is 2.23. The third-order valence-electron chi connectivity index (χ3n) is 3.00. The molecule has 112 valence electrons. The van der Waals surface area contributed by atoms with E-state index in [1.165, 1.54) is 0 Å². The zero-order valence-corrected chi connectivity index (χ0v) is 12.0. The van der Waals surface area contributed by atoms with Gasteiger partial charge in [-0.15, -0.1) is 5.10 Å². The predicted octanol–water partition coefficient (Wildman–Crippen LogP) is 2.69.